The second-order valence-electron chi connectivity index (χ2n) is 4.12. The number of carbonyl (C=O) groups is 3. The molecule has 6 heteroatoms. The molecule has 0 saturated heterocycles. The third kappa shape index (κ3) is 4.72. The highest BCUT2D eigenvalue weighted by Crippen LogP contribution is 2.12. The first-order valence-electron chi connectivity index (χ1n) is 6.45. The number of hydrogen-bond acceptors (Lipinski definition) is 3. The lowest BCUT2D eigenvalue weighted by Gasteiger charge is -2.20. The molecule has 1 aromatic rings. The molecule has 2 N–H and O–H groups in total. The zero-order chi connectivity index (χ0) is 15.0. The third-order valence-electron chi connectivity index (χ3n) is 2.61. The van der Waals surface area contributed by atoms with Gasteiger partial charge >= 0.3 is 11.8 Å². The second-order valence-corrected chi connectivity index (χ2v) is 4.12. The van der Waals surface area contributed by atoms with Crippen LogP contribution in [0.3, 0.4) is 0 Å². The van der Waals surface area contributed by atoms with E-state index in [9.17, 15) is 14.4 Å². The van der Waals surface area contributed by atoms with Crippen molar-refractivity contribution in [3.8, 4) is 0 Å². The van der Waals surface area contributed by atoms with Crippen LogP contribution in [0.2, 0.25) is 0 Å². The summed E-state index contributed by atoms with van der Waals surface area (Å²) in [4.78, 5) is 35.8. The van der Waals surface area contributed by atoms with Crippen molar-refractivity contribution in [2.75, 3.05) is 24.5 Å². The van der Waals surface area contributed by atoms with E-state index in [1.54, 1.807) is 31.2 Å². The zero-order valence-electron chi connectivity index (χ0n) is 11.7. The topological polar surface area (TPSA) is 78.5 Å². The summed E-state index contributed by atoms with van der Waals surface area (Å²) in [5.74, 6) is -1.47. The van der Waals surface area contributed by atoms with Crippen LogP contribution in [0.1, 0.15) is 13.8 Å². The van der Waals surface area contributed by atoms with Crippen molar-refractivity contribution >= 4 is 23.4 Å². The molecule has 0 aliphatic heterocycles. The van der Waals surface area contributed by atoms with Crippen LogP contribution in [-0.2, 0) is 14.4 Å². The number of benzene rings is 1. The Morgan fingerprint density at radius 3 is 2.20 bits per heavy atom. The Kier molecular flexibility index (Phi) is 6.22. The number of hydrogen-bond donors (Lipinski definition) is 2. The molecule has 0 unspecified atom stereocenters. The molecule has 0 atom stereocenters. The fraction of sp³-hybridized carbons (Fsp3) is 0.357. The first-order chi connectivity index (χ1) is 9.56. The van der Waals surface area contributed by atoms with Crippen LogP contribution in [0.25, 0.3) is 0 Å². The van der Waals surface area contributed by atoms with Crippen molar-refractivity contribution in [2.24, 2.45) is 0 Å². The van der Waals surface area contributed by atoms with Gasteiger partial charge in [-0.2, -0.15) is 0 Å². The van der Waals surface area contributed by atoms with Gasteiger partial charge in [0, 0.05) is 32.2 Å². The van der Waals surface area contributed by atoms with Gasteiger partial charge in [0.1, 0.15) is 0 Å². The van der Waals surface area contributed by atoms with E-state index in [0.717, 1.165) is 0 Å². The van der Waals surface area contributed by atoms with Gasteiger partial charge in [0.2, 0.25) is 5.91 Å². The monoisotopic (exact) mass is 277 g/mol. The lowest BCUT2D eigenvalue weighted by Crippen LogP contribution is -2.45. The predicted molar refractivity (Wildman–Crippen MR) is 76.2 cm³/mol. The smallest absolute Gasteiger partial charge is 0.316 e. The standard InChI is InChI=1S/C14H19N3O3/c1-3-17(12-7-5-4-6-8-12)14(20)13(19)16-10-9-15-11(2)18/h4-8H,3,9-10H2,1-2H3,(H,15,18)(H,16,19). The lowest BCUT2D eigenvalue weighted by molar-refractivity contribution is -0.137. The maximum absolute atomic E-state index is 12.0. The van der Waals surface area contributed by atoms with Crippen molar-refractivity contribution in [1.29, 1.82) is 0 Å². The van der Waals surface area contributed by atoms with Crippen LogP contribution < -0.4 is 15.5 Å². The maximum Gasteiger partial charge on any atom is 0.316 e. The lowest BCUT2D eigenvalue weighted by atomic mass is 10.3. The summed E-state index contributed by atoms with van der Waals surface area (Å²) in [6, 6.07) is 8.99. The van der Waals surface area contributed by atoms with Crippen molar-refractivity contribution in [3.05, 3.63) is 30.3 Å². The number of amides is 3. The Hall–Kier alpha value is -2.37. The molecule has 0 aromatic heterocycles. The fourth-order valence-electron chi connectivity index (χ4n) is 1.66. The van der Waals surface area contributed by atoms with Gasteiger partial charge < -0.3 is 15.5 Å². The Balaban J connectivity index is 2.54. The maximum atomic E-state index is 12.0. The van der Waals surface area contributed by atoms with Gasteiger partial charge in [-0.25, -0.2) is 0 Å². The number of likely N-dealkylation sites (N-methyl/N-ethyl adjacent to an activating group) is 1. The van der Waals surface area contributed by atoms with Crippen LogP contribution in [0.4, 0.5) is 5.69 Å². The van der Waals surface area contributed by atoms with Gasteiger partial charge in [0.15, 0.2) is 0 Å². The first-order valence-corrected chi connectivity index (χ1v) is 6.45. The van der Waals surface area contributed by atoms with Gasteiger partial charge in [0.05, 0.1) is 0 Å². The van der Waals surface area contributed by atoms with E-state index < -0.39 is 11.8 Å². The van der Waals surface area contributed by atoms with Crippen molar-refractivity contribution in [3.63, 3.8) is 0 Å². The number of carbonyl (C=O) groups excluding carboxylic acids is 3. The summed E-state index contributed by atoms with van der Waals surface area (Å²) in [7, 11) is 0. The molecule has 20 heavy (non-hydrogen) atoms. The molecule has 0 spiro atoms. The second kappa shape index (κ2) is 7.93. The van der Waals surface area contributed by atoms with E-state index in [1.165, 1.54) is 11.8 Å². The number of rotatable bonds is 5. The first kappa shape index (κ1) is 15.7. The molecule has 1 aromatic carbocycles. The number of nitrogens with one attached hydrogen (secondary N) is 2. The third-order valence-corrected chi connectivity index (χ3v) is 2.61. The van der Waals surface area contributed by atoms with Crippen LogP contribution >= 0.6 is 0 Å². The minimum Gasteiger partial charge on any atom is -0.355 e. The highest BCUT2D eigenvalue weighted by molar-refractivity contribution is 6.40. The van der Waals surface area contributed by atoms with Crippen molar-refractivity contribution in [1.82, 2.24) is 10.6 Å². The van der Waals surface area contributed by atoms with E-state index >= 15 is 0 Å². The van der Waals surface area contributed by atoms with Gasteiger partial charge in [-0.05, 0) is 19.1 Å². The van der Waals surface area contributed by atoms with E-state index in [0.29, 0.717) is 18.8 Å². The Morgan fingerprint density at radius 1 is 1.05 bits per heavy atom. The van der Waals surface area contributed by atoms with Gasteiger partial charge in [-0.3, -0.25) is 14.4 Å². The molecule has 0 saturated carbocycles. The molecule has 6 nitrogen and oxygen atoms in total. The number of anilines is 1. The van der Waals surface area contributed by atoms with E-state index in [4.69, 9.17) is 0 Å². The van der Waals surface area contributed by atoms with Crippen LogP contribution in [0.15, 0.2) is 30.3 Å². The minimum atomic E-state index is -0.680. The van der Waals surface area contributed by atoms with Crippen LogP contribution in [0, 0.1) is 0 Å². The fourth-order valence-corrected chi connectivity index (χ4v) is 1.66. The molecular formula is C14H19N3O3. The summed E-state index contributed by atoms with van der Waals surface area (Å²) < 4.78 is 0. The SMILES string of the molecule is CCN(C(=O)C(=O)NCCNC(C)=O)c1ccccc1. The molecule has 0 heterocycles. The average Bonchev–Trinajstić information content (AvgIpc) is 2.45. The average molecular weight is 277 g/mol. The molecule has 1 rings (SSSR count). The summed E-state index contributed by atoms with van der Waals surface area (Å²) in [6.07, 6.45) is 0. The van der Waals surface area contributed by atoms with Crippen LogP contribution in [0.5, 0.6) is 0 Å². The Bertz CT molecular complexity index is 474. The molecule has 3 amide bonds. The molecular weight excluding hydrogens is 258 g/mol. The summed E-state index contributed by atoms with van der Waals surface area (Å²) in [6.45, 7) is 4.11. The molecule has 0 aliphatic rings. The number of nitrogens with zero attached hydrogens (tertiary/aromatic N) is 1. The summed E-state index contributed by atoms with van der Waals surface area (Å²) in [5.41, 5.74) is 0.678. The van der Waals surface area contributed by atoms with Crippen LogP contribution in [-0.4, -0.2) is 37.4 Å². The molecule has 108 valence electrons. The van der Waals surface area contributed by atoms with E-state index in [1.807, 2.05) is 6.07 Å². The normalized spacial score (nSPS) is 9.70. The molecule has 0 fully saturated rings. The highest BCUT2D eigenvalue weighted by Gasteiger charge is 2.21. The van der Waals surface area contributed by atoms with E-state index in [-0.39, 0.29) is 12.5 Å². The molecule has 0 aliphatic carbocycles. The van der Waals surface area contributed by atoms with E-state index in [2.05, 4.69) is 10.6 Å². The van der Waals surface area contributed by atoms with Gasteiger partial charge in [-0.15, -0.1) is 0 Å². The van der Waals surface area contributed by atoms with Gasteiger partial charge in [-0.1, -0.05) is 18.2 Å². The highest BCUT2D eigenvalue weighted by atomic mass is 16.2. The van der Waals surface area contributed by atoms with Gasteiger partial charge in [0.25, 0.3) is 0 Å². The molecule has 0 radical (unpaired) electrons. The largest absolute Gasteiger partial charge is 0.355 e. The molecule has 0 bridgehead atoms. The number of para-hydroxylation sites is 1. The quantitative estimate of drug-likeness (QED) is 0.600. The Labute approximate surface area is 118 Å². The predicted octanol–water partition coefficient (Wildman–Crippen LogP) is 0.292. The zero-order valence-corrected chi connectivity index (χ0v) is 11.7. The Morgan fingerprint density at radius 2 is 1.65 bits per heavy atom. The summed E-state index contributed by atoms with van der Waals surface area (Å²) >= 11 is 0. The minimum absolute atomic E-state index is 0.176. The van der Waals surface area contributed by atoms with Crippen molar-refractivity contribution < 1.29 is 14.4 Å². The summed E-state index contributed by atoms with van der Waals surface area (Å²) in [5, 5.41) is 5.01. The van der Waals surface area contributed by atoms with Crippen molar-refractivity contribution in [2.45, 2.75) is 13.8 Å².